The normalized spacial score (nSPS) is 10.4. The lowest BCUT2D eigenvalue weighted by Gasteiger charge is -2.02. The predicted octanol–water partition coefficient (Wildman–Crippen LogP) is 1.18. The van der Waals surface area contributed by atoms with E-state index in [1.807, 2.05) is 30.3 Å². The Balaban J connectivity index is 1.75. The number of aromatic amines is 1. The summed E-state index contributed by atoms with van der Waals surface area (Å²) in [6.07, 6.45) is 4.59. The predicted molar refractivity (Wildman–Crippen MR) is 75.7 cm³/mol. The number of carbonyl (C=O) groups excluding carboxylic acids is 2. The molecule has 2 rings (SSSR count). The molecule has 3 N–H and O–H groups in total. The quantitative estimate of drug-likeness (QED) is 0.713. The van der Waals surface area contributed by atoms with Gasteiger partial charge in [0.15, 0.2) is 0 Å². The zero-order valence-corrected chi connectivity index (χ0v) is 10.7. The largest absolute Gasteiger partial charge is 0.343 e. The SMILES string of the molecule is O=C(C=Cc1ccccc1)NCC(=O)Nc1ccn[nH]1. The maximum absolute atomic E-state index is 11.5. The summed E-state index contributed by atoms with van der Waals surface area (Å²) in [5.74, 6) is -0.159. The van der Waals surface area contributed by atoms with Crippen LogP contribution in [0.1, 0.15) is 5.56 Å². The molecule has 0 aliphatic carbocycles. The first-order chi connectivity index (χ1) is 9.74. The van der Waals surface area contributed by atoms with Crippen LogP contribution in [-0.4, -0.2) is 28.6 Å². The van der Waals surface area contributed by atoms with Crippen molar-refractivity contribution in [1.29, 1.82) is 0 Å². The number of nitrogens with zero attached hydrogens (tertiary/aromatic N) is 1. The van der Waals surface area contributed by atoms with Gasteiger partial charge in [-0.05, 0) is 11.6 Å². The highest BCUT2D eigenvalue weighted by molar-refractivity contribution is 5.97. The molecule has 0 radical (unpaired) electrons. The number of aromatic nitrogens is 2. The third-order valence-electron chi connectivity index (χ3n) is 2.42. The van der Waals surface area contributed by atoms with Crippen LogP contribution in [0.5, 0.6) is 0 Å². The van der Waals surface area contributed by atoms with Gasteiger partial charge in [0, 0.05) is 12.1 Å². The van der Waals surface area contributed by atoms with E-state index in [-0.39, 0.29) is 18.4 Å². The monoisotopic (exact) mass is 270 g/mol. The highest BCUT2D eigenvalue weighted by Gasteiger charge is 2.04. The second-order valence-corrected chi connectivity index (χ2v) is 3.98. The minimum atomic E-state index is -0.325. The van der Waals surface area contributed by atoms with Crippen LogP contribution >= 0.6 is 0 Å². The minimum Gasteiger partial charge on any atom is -0.343 e. The van der Waals surface area contributed by atoms with Crippen molar-refractivity contribution in [2.24, 2.45) is 0 Å². The molecule has 20 heavy (non-hydrogen) atoms. The Bertz CT molecular complexity index is 591. The molecular formula is C14H14N4O2. The van der Waals surface area contributed by atoms with Gasteiger partial charge in [-0.15, -0.1) is 0 Å². The van der Waals surface area contributed by atoms with Crippen molar-refractivity contribution in [3.8, 4) is 0 Å². The Kier molecular flexibility index (Phi) is 4.66. The van der Waals surface area contributed by atoms with E-state index in [0.717, 1.165) is 5.56 Å². The number of hydrogen-bond donors (Lipinski definition) is 3. The Morgan fingerprint density at radius 3 is 2.70 bits per heavy atom. The first-order valence-corrected chi connectivity index (χ1v) is 6.04. The first-order valence-electron chi connectivity index (χ1n) is 6.04. The van der Waals surface area contributed by atoms with Gasteiger partial charge in [-0.2, -0.15) is 5.10 Å². The molecule has 0 unspecified atom stereocenters. The van der Waals surface area contributed by atoms with Gasteiger partial charge in [0.25, 0.3) is 0 Å². The molecule has 6 nitrogen and oxygen atoms in total. The number of benzene rings is 1. The van der Waals surface area contributed by atoms with Crippen LogP contribution in [0.4, 0.5) is 5.82 Å². The molecule has 102 valence electrons. The van der Waals surface area contributed by atoms with Gasteiger partial charge in [-0.3, -0.25) is 14.7 Å². The number of rotatable bonds is 5. The number of anilines is 1. The molecule has 1 aromatic carbocycles. The van der Waals surface area contributed by atoms with E-state index in [1.165, 1.54) is 12.3 Å². The Hall–Kier alpha value is -2.89. The molecular weight excluding hydrogens is 256 g/mol. The number of H-pyrrole nitrogens is 1. The number of nitrogens with one attached hydrogen (secondary N) is 3. The van der Waals surface area contributed by atoms with Crippen molar-refractivity contribution in [2.75, 3.05) is 11.9 Å². The van der Waals surface area contributed by atoms with Gasteiger partial charge in [0.2, 0.25) is 11.8 Å². The Morgan fingerprint density at radius 2 is 2.00 bits per heavy atom. The molecule has 1 aromatic heterocycles. The minimum absolute atomic E-state index is 0.100. The summed E-state index contributed by atoms with van der Waals surface area (Å²) in [6.45, 7) is -0.100. The molecule has 0 aliphatic heterocycles. The second kappa shape index (κ2) is 6.89. The fourth-order valence-corrected chi connectivity index (χ4v) is 1.48. The number of hydrogen-bond acceptors (Lipinski definition) is 3. The maximum atomic E-state index is 11.5. The third-order valence-corrected chi connectivity index (χ3v) is 2.42. The van der Waals surface area contributed by atoms with Crippen molar-refractivity contribution in [2.45, 2.75) is 0 Å². The second-order valence-electron chi connectivity index (χ2n) is 3.98. The summed E-state index contributed by atoms with van der Waals surface area (Å²) in [5, 5.41) is 11.3. The van der Waals surface area contributed by atoms with Gasteiger partial charge in [-0.1, -0.05) is 30.3 Å². The zero-order valence-electron chi connectivity index (χ0n) is 10.7. The van der Waals surface area contributed by atoms with Crippen molar-refractivity contribution in [3.05, 3.63) is 54.2 Å². The molecule has 6 heteroatoms. The van der Waals surface area contributed by atoms with Crippen molar-refractivity contribution < 1.29 is 9.59 Å². The summed E-state index contributed by atoms with van der Waals surface area (Å²) in [5.41, 5.74) is 0.921. The Morgan fingerprint density at radius 1 is 1.20 bits per heavy atom. The van der Waals surface area contributed by atoms with Crippen LogP contribution < -0.4 is 10.6 Å². The van der Waals surface area contributed by atoms with Gasteiger partial charge in [0.05, 0.1) is 12.7 Å². The van der Waals surface area contributed by atoms with Gasteiger partial charge in [0.1, 0.15) is 5.82 Å². The van der Waals surface area contributed by atoms with E-state index in [9.17, 15) is 9.59 Å². The molecule has 0 bridgehead atoms. The highest BCUT2D eigenvalue weighted by atomic mass is 16.2. The molecule has 0 fully saturated rings. The van der Waals surface area contributed by atoms with Gasteiger partial charge < -0.3 is 10.6 Å². The lowest BCUT2D eigenvalue weighted by molar-refractivity contribution is -0.121. The summed E-state index contributed by atoms with van der Waals surface area (Å²) in [6, 6.07) is 11.1. The van der Waals surface area contributed by atoms with E-state index in [0.29, 0.717) is 5.82 Å². The average Bonchev–Trinajstić information content (AvgIpc) is 2.97. The molecule has 2 amide bonds. The molecule has 0 saturated heterocycles. The summed E-state index contributed by atoms with van der Waals surface area (Å²) in [4.78, 5) is 23.0. The highest BCUT2D eigenvalue weighted by Crippen LogP contribution is 2.00. The zero-order chi connectivity index (χ0) is 14.2. The molecule has 0 atom stereocenters. The molecule has 0 saturated carbocycles. The third kappa shape index (κ3) is 4.41. The van der Waals surface area contributed by atoms with Crippen LogP contribution in [0, 0.1) is 0 Å². The number of carbonyl (C=O) groups is 2. The van der Waals surface area contributed by atoms with Crippen LogP contribution in [0.25, 0.3) is 6.08 Å². The van der Waals surface area contributed by atoms with Crippen LogP contribution in [0.2, 0.25) is 0 Å². The van der Waals surface area contributed by atoms with Crippen LogP contribution in [0.3, 0.4) is 0 Å². The van der Waals surface area contributed by atoms with E-state index < -0.39 is 0 Å². The standard InChI is InChI=1S/C14H14N4O2/c19-13(7-6-11-4-2-1-3-5-11)15-10-14(20)17-12-8-9-16-18-12/h1-9H,10H2,(H,15,19)(H2,16,17,18,20). The topological polar surface area (TPSA) is 86.9 Å². The fourth-order valence-electron chi connectivity index (χ4n) is 1.48. The maximum Gasteiger partial charge on any atom is 0.244 e. The van der Waals surface area contributed by atoms with Crippen molar-refractivity contribution >= 4 is 23.7 Å². The Labute approximate surface area is 115 Å². The van der Waals surface area contributed by atoms with Crippen LogP contribution in [-0.2, 0) is 9.59 Å². The van der Waals surface area contributed by atoms with Gasteiger partial charge in [-0.25, -0.2) is 0 Å². The lowest BCUT2D eigenvalue weighted by Crippen LogP contribution is -2.31. The summed E-state index contributed by atoms with van der Waals surface area (Å²) in [7, 11) is 0. The number of amides is 2. The van der Waals surface area contributed by atoms with E-state index in [4.69, 9.17) is 0 Å². The summed E-state index contributed by atoms with van der Waals surface area (Å²) < 4.78 is 0. The van der Waals surface area contributed by atoms with E-state index in [1.54, 1.807) is 12.1 Å². The molecule has 0 aliphatic rings. The van der Waals surface area contributed by atoms with Crippen molar-refractivity contribution in [3.63, 3.8) is 0 Å². The fraction of sp³-hybridized carbons (Fsp3) is 0.0714. The molecule has 1 heterocycles. The smallest absolute Gasteiger partial charge is 0.244 e. The van der Waals surface area contributed by atoms with E-state index >= 15 is 0 Å². The molecule has 2 aromatic rings. The first kappa shape index (κ1) is 13.5. The van der Waals surface area contributed by atoms with Crippen LogP contribution in [0.15, 0.2) is 48.7 Å². The molecule has 0 spiro atoms. The van der Waals surface area contributed by atoms with Gasteiger partial charge >= 0.3 is 0 Å². The average molecular weight is 270 g/mol. The summed E-state index contributed by atoms with van der Waals surface area (Å²) >= 11 is 0. The van der Waals surface area contributed by atoms with E-state index in [2.05, 4.69) is 20.8 Å². The van der Waals surface area contributed by atoms with Crippen molar-refractivity contribution in [1.82, 2.24) is 15.5 Å². The lowest BCUT2D eigenvalue weighted by atomic mass is 10.2.